The van der Waals surface area contributed by atoms with Crippen LogP contribution >= 0.6 is 0 Å². The molecular formula is C16H19N5O3. The molecule has 1 aromatic carbocycles. The smallest absolute Gasteiger partial charge is 0.328 e. The first-order valence-electron chi connectivity index (χ1n) is 7.14. The molecule has 0 aliphatic carbocycles. The molecule has 1 amide bonds. The summed E-state index contributed by atoms with van der Waals surface area (Å²) in [5, 5.41) is 7.08. The molecule has 0 fully saturated rings. The Labute approximate surface area is 139 Å². The molecule has 8 heteroatoms. The van der Waals surface area contributed by atoms with Crippen LogP contribution < -0.4 is 20.2 Å². The molecule has 1 atom stereocenters. The van der Waals surface area contributed by atoms with E-state index >= 15 is 0 Å². The highest BCUT2D eigenvalue weighted by atomic mass is 16.5. The molecule has 1 aromatic heterocycles. The van der Waals surface area contributed by atoms with E-state index in [1.807, 2.05) is 6.92 Å². The van der Waals surface area contributed by atoms with Gasteiger partial charge in [0.05, 0.1) is 31.3 Å². The number of fused-ring (bicyclic) bond motifs is 3. The molecule has 1 unspecified atom stereocenters. The zero-order valence-electron chi connectivity index (χ0n) is 14.0. The van der Waals surface area contributed by atoms with Crippen molar-refractivity contribution in [2.24, 2.45) is 5.10 Å². The van der Waals surface area contributed by atoms with Gasteiger partial charge in [-0.25, -0.2) is 14.3 Å². The summed E-state index contributed by atoms with van der Waals surface area (Å²) in [6, 6.07) is 3.01. The normalized spacial score (nSPS) is 17.5. The number of aromatic nitrogens is 2. The molecule has 3 rings (SSSR count). The van der Waals surface area contributed by atoms with Gasteiger partial charge in [0.2, 0.25) is 0 Å². The lowest BCUT2D eigenvalue weighted by Crippen LogP contribution is -2.48. The molecule has 1 aliphatic rings. The third-order valence-electron chi connectivity index (χ3n) is 3.57. The Kier molecular flexibility index (Phi) is 4.94. The van der Waals surface area contributed by atoms with E-state index < -0.39 is 0 Å². The average molecular weight is 329 g/mol. The second-order valence-corrected chi connectivity index (χ2v) is 4.86. The fraction of sp³-hybridized carbons (Fsp3) is 0.312. The molecule has 2 heterocycles. The van der Waals surface area contributed by atoms with Crippen LogP contribution in [0.5, 0.6) is 11.5 Å². The lowest BCUT2D eigenvalue weighted by Gasteiger charge is -2.23. The van der Waals surface area contributed by atoms with Crippen molar-refractivity contribution in [1.82, 2.24) is 20.3 Å². The number of hydrogen-bond donors (Lipinski definition) is 2. The number of ether oxygens (including phenoxy) is 2. The molecule has 1 aliphatic heterocycles. The van der Waals surface area contributed by atoms with Gasteiger partial charge in [0, 0.05) is 19.2 Å². The van der Waals surface area contributed by atoms with Crippen molar-refractivity contribution in [2.45, 2.75) is 13.0 Å². The van der Waals surface area contributed by atoms with Crippen LogP contribution in [0, 0.1) is 12.8 Å². The Morgan fingerprint density at radius 3 is 2.50 bits per heavy atom. The summed E-state index contributed by atoms with van der Waals surface area (Å²) in [6.45, 7) is 1.86. The summed E-state index contributed by atoms with van der Waals surface area (Å²) in [4.78, 5) is 16.9. The van der Waals surface area contributed by atoms with Gasteiger partial charge < -0.3 is 20.2 Å². The van der Waals surface area contributed by atoms with E-state index in [9.17, 15) is 4.79 Å². The van der Waals surface area contributed by atoms with Gasteiger partial charge in [0.25, 0.3) is 0 Å². The first-order valence-corrected chi connectivity index (χ1v) is 7.14. The molecule has 24 heavy (non-hydrogen) atoms. The van der Waals surface area contributed by atoms with Crippen molar-refractivity contribution < 1.29 is 14.3 Å². The van der Waals surface area contributed by atoms with Gasteiger partial charge >= 0.3 is 6.03 Å². The minimum atomic E-state index is -0.243. The predicted octanol–water partition coefficient (Wildman–Crippen LogP) is 1.19. The zero-order valence-corrected chi connectivity index (χ0v) is 14.0. The van der Waals surface area contributed by atoms with Gasteiger partial charge in [-0.05, 0) is 6.92 Å². The fourth-order valence-electron chi connectivity index (χ4n) is 2.56. The summed E-state index contributed by atoms with van der Waals surface area (Å²) in [7, 11) is 4.81. The average Bonchev–Trinajstić information content (AvgIpc) is 2.97. The van der Waals surface area contributed by atoms with Gasteiger partial charge in [-0.1, -0.05) is 0 Å². The number of methoxy groups -OCH3 is 2. The van der Waals surface area contributed by atoms with E-state index in [0.29, 0.717) is 34.1 Å². The first-order chi connectivity index (χ1) is 11.6. The lowest BCUT2D eigenvalue weighted by molar-refractivity contribution is 0.240. The van der Waals surface area contributed by atoms with E-state index in [0.717, 1.165) is 0 Å². The molecule has 0 saturated heterocycles. The Morgan fingerprint density at radius 2 is 1.92 bits per heavy atom. The summed E-state index contributed by atoms with van der Waals surface area (Å²) >= 11 is 0. The highest BCUT2D eigenvalue weighted by molar-refractivity contribution is 6.11. The number of hydrogen-bond acceptors (Lipinski definition) is 6. The van der Waals surface area contributed by atoms with Crippen LogP contribution in [0.1, 0.15) is 12.7 Å². The van der Waals surface area contributed by atoms with Crippen LogP contribution in [0.4, 0.5) is 4.79 Å². The van der Waals surface area contributed by atoms with Gasteiger partial charge in [-0.15, -0.1) is 12.8 Å². The van der Waals surface area contributed by atoms with Gasteiger partial charge in [-0.2, -0.15) is 5.10 Å². The molecule has 8 nitrogen and oxygen atoms in total. The van der Waals surface area contributed by atoms with E-state index in [1.165, 1.54) is 4.57 Å². The third-order valence-corrected chi connectivity index (χ3v) is 3.57. The van der Waals surface area contributed by atoms with Crippen LogP contribution in [0.3, 0.4) is 0 Å². The van der Waals surface area contributed by atoms with Crippen LogP contribution in [0.2, 0.25) is 0 Å². The predicted molar refractivity (Wildman–Crippen MR) is 91.7 cm³/mol. The van der Waals surface area contributed by atoms with Crippen molar-refractivity contribution in [3.8, 4) is 24.3 Å². The monoisotopic (exact) mass is 329 g/mol. The number of amides is 1. The Balaban J connectivity index is 0.00000100. The molecule has 126 valence electrons. The minimum absolute atomic E-state index is 0.229. The summed E-state index contributed by atoms with van der Waals surface area (Å²) in [5.74, 6) is 1.61. The highest BCUT2D eigenvalue weighted by Crippen LogP contribution is 2.33. The summed E-state index contributed by atoms with van der Waals surface area (Å²) < 4.78 is 12.1. The van der Waals surface area contributed by atoms with Crippen LogP contribution in [-0.2, 0) is 0 Å². The van der Waals surface area contributed by atoms with E-state index in [1.54, 1.807) is 33.4 Å². The van der Waals surface area contributed by atoms with Crippen molar-refractivity contribution in [1.29, 1.82) is 0 Å². The van der Waals surface area contributed by atoms with Crippen LogP contribution in [0.25, 0.3) is 11.0 Å². The first kappa shape index (κ1) is 17.1. The number of nitrogens with one attached hydrogen (secondary N) is 2. The Morgan fingerprint density at radius 1 is 1.29 bits per heavy atom. The number of carbonyl (C=O) groups excluding carboxylic acids is 1. The largest absolute Gasteiger partial charge is 0.493 e. The number of benzene rings is 1. The molecular weight excluding hydrogens is 310 g/mol. The molecule has 0 saturated carbocycles. The van der Waals surface area contributed by atoms with Crippen molar-refractivity contribution >= 4 is 22.8 Å². The topological polar surface area (TPSA) is 89.8 Å². The summed E-state index contributed by atoms with van der Waals surface area (Å²) in [6.07, 6.45) is 8.00. The number of carbonyl (C=O) groups is 1. The maximum atomic E-state index is 12.3. The Hall–Kier alpha value is -3.21. The van der Waals surface area contributed by atoms with E-state index in [-0.39, 0.29) is 12.1 Å². The second-order valence-electron chi connectivity index (χ2n) is 4.86. The maximum Gasteiger partial charge on any atom is 0.328 e. The molecule has 2 N–H and O–H groups in total. The minimum Gasteiger partial charge on any atom is -0.493 e. The second kappa shape index (κ2) is 6.91. The van der Waals surface area contributed by atoms with Gasteiger partial charge in [0.15, 0.2) is 17.3 Å². The Bertz CT molecular complexity index is 822. The fourth-order valence-corrected chi connectivity index (χ4v) is 2.56. The standard InChI is InChI=1S/C14H17N5O3.C2H2/c1-7-12(18-15-2)13-17-8-5-10(21-3)11(22-4)6-9(8)19(13)14(20)16-7;1-2/h5-7,15H,1-4H3,(H,16,20);1-2H/b18-12+;. The number of nitrogens with zero attached hydrogens (tertiary/aromatic N) is 3. The van der Waals surface area contributed by atoms with E-state index in [4.69, 9.17) is 9.47 Å². The van der Waals surface area contributed by atoms with Gasteiger partial charge in [-0.3, -0.25) is 0 Å². The molecule has 0 bridgehead atoms. The molecule has 0 spiro atoms. The maximum absolute atomic E-state index is 12.3. The van der Waals surface area contributed by atoms with Crippen LogP contribution in [0.15, 0.2) is 17.2 Å². The summed E-state index contributed by atoms with van der Waals surface area (Å²) in [5.41, 5.74) is 4.69. The molecule has 0 radical (unpaired) electrons. The highest BCUT2D eigenvalue weighted by Gasteiger charge is 2.31. The number of rotatable bonds is 3. The number of terminal acetylenes is 1. The third kappa shape index (κ3) is 2.60. The van der Waals surface area contributed by atoms with Crippen molar-refractivity contribution in [3.63, 3.8) is 0 Å². The van der Waals surface area contributed by atoms with Gasteiger partial charge in [0.1, 0.15) is 5.71 Å². The molecule has 2 aromatic rings. The van der Waals surface area contributed by atoms with Crippen LogP contribution in [-0.4, -0.2) is 48.6 Å². The SMILES string of the molecule is C#C.CN/N=C1/c2nc3cc(OC)c(OC)cc3n2C(=O)NC1C. The zero-order chi connectivity index (χ0) is 17.9. The van der Waals surface area contributed by atoms with E-state index in [2.05, 4.69) is 33.7 Å². The van der Waals surface area contributed by atoms with Crippen molar-refractivity contribution in [3.05, 3.63) is 18.0 Å². The quantitative estimate of drug-likeness (QED) is 0.652. The van der Waals surface area contributed by atoms with Crippen molar-refractivity contribution in [2.75, 3.05) is 21.3 Å². The number of hydrazone groups is 1. The number of imidazole rings is 1. The lowest BCUT2D eigenvalue weighted by atomic mass is 10.1.